The minimum atomic E-state index is -0.391. The summed E-state index contributed by atoms with van der Waals surface area (Å²) >= 11 is 0. The highest BCUT2D eigenvalue weighted by atomic mass is 16.7. The van der Waals surface area contributed by atoms with E-state index in [-0.39, 0.29) is 0 Å². The normalized spacial score (nSPS) is 26.6. The van der Waals surface area contributed by atoms with E-state index >= 15 is 0 Å². The lowest BCUT2D eigenvalue weighted by Gasteiger charge is -2.27. The van der Waals surface area contributed by atoms with E-state index in [1.54, 1.807) is 11.1 Å². The van der Waals surface area contributed by atoms with Crippen molar-refractivity contribution in [3.8, 4) is 5.75 Å². The third-order valence-corrected chi connectivity index (χ3v) is 5.85. The number of fused-ring (bicyclic) bond motifs is 6. The topological polar surface area (TPSA) is 18.5 Å². The fraction of sp³-hybridized carbons (Fsp3) is 0.500. The number of aryl methyl sites for hydroxylation is 1. The fourth-order valence-corrected chi connectivity index (χ4v) is 4.57. The van der Waals surface area contributed by atoms with Crippen LogP contribution in [0.2, 0.25) is 0 Å². The number of ether oxygens (including phenoxy) is 2. The second-order valence-corrected chi connectivity index (χ2v) is 7.09. The van der Waals surface area contributed by atoms with E-state index in [0.717, 1.165) is 12.2 Å². The Morgan fingerprint density at radius 3 is 2.45 bits per heavy atom. The first-order chi connectivity index (χ1) is 10.8. The molecule has 0 N–H and O–H groups in total. The standard InChI is InChI=1S/C20H22O2/c1-21-20(13-10-11-13)12-18-16-8-3-2-6-14(16)15-7-4-5-9-17(15)19(18)22-20/h4-5,7,9,13H,2-3,6,8,10-12H2,1H3. The number of hydrogen-bond acceptors (Lipinski definition) is 2. The molecule has 114 valence electrons. The highest BCUT2D eigenvalue weighted by molar-refractivity contribution is 5.94. The van der Waals surface area contributed by atoms with Gasteiger partial charge in [0.15, 0.2) is 0 Å². The molecule has 2 nitrogen and oxygen atoms in total. The maximum Gasteiger partial charge on any atom is 0.217 e. The van der Waals surface area contributed by atoms with Gasteiger partial charge in [0, 0.05) is 30.4 Å². The Bertz CT molecular complexity index is 760. The summed E-state index contributed by atoms with van der Waals surface area (Å²) < 4.78 is 12.4. The van der Waals surface area contributed by atoms with Crippen LogP contribution in [0.4, 0.5) is 0 Å². The number of benzene rings is 2. The van der Waals surface area contributed by atoms with Gasteiger partial charge in [0.1, 0.15) is 5.75 Å². The van der Waals surface area contributed by atoms with Gasteiger partial charge in [0.05, 0.1) is 0 Å². The van der Waals surface area contributed by atoms with Gasteiger partial charge < -0.3 is 9.47 Å². The molecule has 0 spiro atoms. The first-order valence-electron chi connectivity index (χ1n) is 8.62. The van der Waals surface area contributed by atoms with E-state index in [1.807, 2.05) is 7.11 Å². The first kappa shape index (κ1) is 13.0. The lowest BCUT2D eigenvalue weighted by Crippen LogP contribution is -2.39. The Balaban J connectivity index is 1.77. The summed E-state index contributed by atoms with van der Waals surface area (Å²) in [4.78, 5) is 0. The molecule has 2 aromatic carbocycles. The van der Waals surface area contributed by atoms with Gasteiger partial charge in [-0.05, 0) is 55.0 Å². The molecule has 0 bridgehead atoms. The third kappa shape index (κ3) is 1.65. The van der Waals surface area contributed by atoms with Crippen molar-refractivity contribution in [2.75, 3.05) is 7.11 Å². The quantitative estimate of drug-likeness (QED) is 0.817. The Labute approximate surface area is 131 Å². The van der Waals surface area contributed by atoms with Gasteiger partial charge in [-0.3, -0.25) is 0 Å². The van der Waals surface area contributed by atoms with Gasteiger partial charge in [0.2, 0.25) is 5.79 Å². The van der Waals surface area contributed by atoms with Gasteiger partial charge in [0.25, 0.3) is 0 Å². The van der Waals surface area contributed by atoms with Crippen LogP contribution in [-0.2, 0) is 24.0 Å². The largest absolute Gasteiger partial charge is 0.461 e. The van der Waals surface area contributed by atoms with E-state index in [4.69, 9.17) is 9.47 Å². The molecule has 1 aliphatic heterocycles. The van der Waals surface area contributed by atoms with Crippen LogP contribution in [0, 0.1) is 5.92 Å². The Kier molecular flexibility index (Phi) is 2.64. The highest BCUT2D eigenvalue weighted by Crippen LogP contribution is 2.53. The lowest BCUT2D eigenvalue weighted by atomic mass is 9.83. The van der Waals surface area contributed by atoms with E-state index in [9.17, 15) is 0 Å². The zero-order valence-corrected chi connectivity index (χ0v) is 13.2. The first-order valence-corrected chi connectivity index (χ1v) is 8.62. The summed E-state index contributed by atoms with van der Waals surface area (Å²) in [5, 5.41) is 2.69. The summed E-state index contributed by atoms with van der Waals surface area (Å²) in [6, 6.07) is 8.78. The SMILES string of the molecule is COC1(C2CC2)Cc2c3c(c4ccccc4c2O1)CCCC3. The molecular weight excluding hydrogens is 272 g/mol. The van der Waals surface area contributed by atoms with Crippen molar-refractivity contribution >= 4 is 10.8 Å². The zero-order valence-electron chi connectivity index (χ0n) is 13.2. The van der Waals surface area contributed by atoms with E-state index in [2.05, 4.69) is 24.3 Å². The van der Waals surface area contributed by atoms with Crippen molar-refractivity contribution in [1.82, 2.24) is 0 Å². The number of rotatable bonds is 2. The summed E-state index contributed by atoms with van der Waals surface area (Å²) in [7, 11) is 1.82. The van der Waals surface area contributed by atoms with Gasteiger partial charge >= 0.3 is 0 Å². The van der Waals surface area contributed by atoms with Crippen LogP contribution >= 0.6 is 0 Å². The number of hydrogen-bond donors (Lipinski definition) is 0. The van der Waals surface area contributed by atoms with E-state index in [1.165, 1.54) is 54.9 Å². The van der Waals surface area contributed by atoms with Crippen LogP contribution in [0.5, 0.6) is 5.75 Å². The number of methoxy groups -OCH3 is 1. The summed E-state index contributed by atoms with van der Waals surface area (Å²) in [5.74, 6) is 1.30. The average molecular weight is 294 g/mol. The van der Waals surface area contributed by atoms with Crippen LogP contribution in [0.3, 0.4) is 0 Å². The Hall–Kier alpha value is -1.54. The predicted octanol–water partition coefficient (Wildman–Crippen LogP) is 4.41. The van der Waals surface area contributed by atoms with Crippen LogP contribution in [0.1, 0.15) is 42.4 Å². The minimum Gasteiger partial charge on any atom is -0.461 e. The highest BCUT2D eigenvalue weighted by Gasteiger charge is 2.53. The van der Waals surface area contributed by atoms with Crippen LogP contribution < -0.4 is 4.74 Å². The molecule has 1 atom stereocenters. The molecule has 2 heteroatoms. The van der Waals surface area contributed by atoms with Crippen molar-refractivity contribution in [3.05, 3.63) is 41.0 Å². The second-order valence-electron chi connectivity index (χ2n) is 7.09. The third-order valence-electron chi connectivity index (χ3n) is 5.85. The van der Waals surface area contributed by atoms with Crippen molar-refractivity contribution in [2.45, 2.75) is 50.7 Å². The summed E-state index contributed by atoms with van der Waals surface area (Å²) in [6.07, 6.45) is 8.46. The minimum absolute atomic E-state index is 0.391. The molecule has 5 rings (SSSR count). The molecule has 0 amide bonds. The summed E-state index contributed by atoms with van der Waals surface area (Å²) in [5.41, 5.74) is 4.59. The smallest absolute Gasteiger partial charge is 0.217 e. The molecule has 22 heavy (non-hydrogen) atoms. The van der Waals surface area contributed by atoms with Gasteiger partial charge in [-0.25, -0.2) is 0 Å². The molecule has 3 aliphatic rings. The van der Waals surface area contributed by atoms with Crippen molar-refractivity contribution < 1.29 is 9.47 Å². The maximum absolute atomic E-state index is 6.52. The molecule has 1 fully saturated rings. The van der Waals surface area contributed by atoms with E-state index in [0.29, 0.717) is 5.92 Å². The van der Waals surface area contributed by atoms with Crippen LogP contribution in [0.25, 0.3) is 10.8 Å². The maximum atomic E-state index is 6.52. The second kappa shape index (κ2) is 4.48. The molecule has 0 aromatic heterocycles. The van der Waals surface area contributed by atoms with Crippen LogP contribution in [-0.4, -0.2) is 12.9 Å². The van der Waals surface area contributed by atoms with E-state index < -0.39 is 5.79 Å². The van der Waals surface area contributed by atoms with Gasteiger partial charge in [-0.15, -0.1) is 0 Å². The van der Waals surface area contributed by atoms with Crippen LogP contribution in [0.15, 0.2) is 24.3 Å². The molecule has 2 aromatic rings. The van der Waals surface area contributed by atoms with Crippen molar-refractivity contribution in [3.63, 3.8) is 0 Å². The fourth-order valence-electron chi connectivity index (χ4n) is 4.57. The van der Waals surface area contributed by atoms with Crippen molar-refractivity contribution in [2.24, 2.45) is 5.92 Å². The summed E-state index contributed by atoms with van der Waals surface area (Å²) in [6.45, 7) is 0. The van der Waals surface area contributed by atoms with Gasteiger partial charge in [-0.2, -0.15) is 0 Å². The Morgan fingerprint density at radius 1 is 1.00 bits per heavy atom. The molecule has 1 heterocycles. The average Bonchev–Trinajstić information content (AvgIpc) is 3.36. The molecule has 0 radical (unpaired) electrons. The molecule has 0 saturated heterocycles. The molecule has 1 unspecified atom stereocenters. The monoisotopic (exact) mass is 294 g/mol. The van der Waals surface area contributed by atoms with Crippen molar-refractivity contribution in [1.29, 1.82) is 0 Å². The molecular formula is C20H22O2. The van der Waals surface area contributed by atoms with Gasteiger partial charge in [-0.1, -0.05) is 24.3 Å². The Morgan fingerprint density at radius 2 is 1.73 bits per heavy atom. The predicted molar refractivity (Wildman–Crippen MR) is 87.4 cm³/mol. The molecule has 2 aliphatic carbocycles. The molecule has 1 saturated carbocycles. The lowest BCUT2D eigenvalue weighted by molar-refractivity contribution is -0.164. The zero-order chi connectivity index (χ0) is 14.7.